The third-order valence-electron chi connectivity index (χ3n) is 6.50. The molecule has 1 atom stereocenters. The summed E-state index contributed by atoms with van der Waals surface area (Å²) in [5.74, 6) is 1.26. The van der Waals surface area contributed by atoms with Crippen LogP contribution in [0, 0.1) is 11.8 Å². The van der Waals surface area contributed by atoms with E-state index in [4.69, 9.17) is 30.9 Å². The zero-order valence-electron chi connectivity index (χ0n) is 15.5. The second-order valence-corrected chi connectivity index (χ2v) is 8.45. The first kappa shape index (κ1) is 18.9. The highest BCUT2D eigenvalue weighted by atomic mass is 35.5. The van der Waals surface area contributed by atoms with Crippen molar-refractivity contribution in [2.45, 2.75) is 76.3 Å². The highest BCUT2D eigenvalue weighted by molar-refractivity contribution is 6.30. The lowest BCUT2D eigenvalue weighted by atomic mass is 9.63. The largest absolute Gasteiger partial charge is 0.510 e. The van der Waals surface area contributed by atoms with E-state index in [0.717, 1.165) is 31.2 Å². The molecule has 0 saturated heterocycles. The van der Waals surface area contributed by atoms with E-state index in [0.29, 0.717) is 22.6 Å². The van der Waals surface area contributed by atoms with Gasteiger partial charge in [0.25, 0.3) is 0 Å². The molecule has 2 fully saturated rings. The highest BCUT2D eigenvalue weighted by Crippen LogP contribution is 2.56. The second kappa shape index (κ2) is 7.88. The minimum atomic E-state index is -1.39. The lowest BCUT2D eigenvalue weighted by Crippen LogP contribution is -2.53. The lowest BCUT2D eigenvalue weighted by Gasteiger charge is -2.52. The Kier molecular flexibility index (Phi) is 5.51. The van der Waals surface area contributed by atoms with Crippen molar-refractivity contribution in [3.63, 3.8) is 0 Å². The van der Waals surface area contributed by atoms with Crippen LogP contribution in [0.5, 0.6) is 5.75 Å². The molecular formula is C21H27ClO5. The Morgan fingerprint density at radius 2 is 1.63 bits per heavy atom. The molecule has 1 unspecified atom stereocenters. The zero-order chi connectivity index (χ0) is 18.9. The second-order valence-electron chi connectivity index (χ2n) is 8.01. The van der Waals surface area contributed by atoms with Crippen LogP contribution in [0.15, 0.2) is 18.2 Å². The van der Waals surface area contributed by atoms with Crippen molar-refractivity contribution in [3.05, 3.63) is 28.8 Å². The van der Waals surface area contributed by atoms with Gasteiger partial charge in [0.2, 0.25) is 0 Å². The van der Waals surface area contributed by atoms with Gasteiger partial charge in [-0.15, -0.1) is 0 Å². The number of carboxylic acid groups (broad SMARTS) is 1. The maximum Gasteiger partial charge on any atom is 0.510 e. The van der Waals surface area contributed by atoms with Gasteiger partial charge in [0, 0.05) is 10.6 Å². The van der Waals surface area contributed by atoms with Crippen molar-refractivity contribution in [2.24, 2.45) is 11.8 Å². The van der Waals surface area contributed by atoms with E-state index in [1.54, 1.807) is 6.07 Å². The molecule has 1 aromatic rings. The van der Waals surface area contributed by atoms with E-state index in [2.05, 4.69) is 0 Å². The molecule has 0 bridgehead atoms. The van der Waals surface area contributed by atoms with Crippen LogP contribution >= 0.6 is 11.6 Å². The van der Waals surface area contributed by atoms with Crippen molar-refractivity contribution in [2.75, 3.05) is 0 Å². The summed E-state index contributed by atoms with van der Waals surface area (Å²) in [6, 6.07) is 5.55. The Labute approximate surface area is 164 Å². The summed E-state index contributed by atoms with van der Waals surface area (Å²) in [7, 11) is 0. The van der Waals surface area contributed by atoms with Gasteiger partial charge in [-0.2, -0.15) is 0 Å². The van der Waals surface area contributed by atoms with Gasteiger partial charge in [-0.1, -0.05) is 50.1 Å². The summed E-state index contributed by atoms with van der Waals surface area (Å²) < 4.78 is 17.2. The number of carbonyl (C=O) groups is 1. The standard InChI is InChI=1S/C21H27ClO5/c22-16-11-12-18-17(13-16)21(14-7-3-1-4-8-14,15-9-5-2-6-10-15)27-20(25-18)26-19(23)24/h11-15,20H,1-10H2,(H,23,24). The number of rotatable bonds is 3. The van der Waals surface area contributed by atoms with Crippen LogP contribution < -0.4 is 4.74 Å². The van der Waals surface area contributed by atoms with Crippen LogP contribution in [0.3, 0.4) is 0 Å². The van der Waals surface area contributed by atoms with Crippen LogP contribution in [0.4, 0.5) is 4.79 Å². The van der Waals surface area contributed by atoms with Crippen LogP contribution in [0.25, 0.3) is 0 Å². The fourth-order valence-corrected chi connectivity index (χ4v) is 5.59. The Hall–Kier alpha value is -1.46. The maximum absolute atomic E-state index is 11.2. The molecular weight excluding hydrogens is 368 g/mol. The molecule has 6 heteroatoms. The Morgan fingerprint density at radius 1 is 1.04 bits per heavy atom. The lowest BCUT2D eigenvalue weighted by molar-refractivity contribution is -0.324. The molecule has 27 heavy (non-hydrogen) atoms. The average molecular weight is 395 g/mol. The molecule has 5 nitrogen and oxygen atoms in total. The number of hydrogen-bond acceptors (Lipinski definition) is 4. The molecule has 0 radical (unpaired) electrons. The molecule has 1 aliphatic heterocycles. The number of fused-ring (bicyclic) bond motifs is 1. The first-order valence-corrected chi connectivity index (χ1v) is 10.5. The first-order valence-electron chi connectivity index (χ1n) is 10.1. The molecule has 0 amide bonds. The van der Waals surface area contributed by atoms with E-state index in [1.807, 2.05) is 12.1 Å². The summed E-state index contributed by atoms with van der Waals surface area (Å²) in [6.45, 7) is -1.24. The van der Waals surface area contributed by atoms with Crippen LogP contribution in [-0.2, 0) is 15.1 Å². The van der Waals surface area contributed by atoms with Gasteiger partial charge in [0.1, 0.15) is 11.4 Å². The molecule has 1 heterocycles. The molecule has 4 rings (SSSR count). The fraction of sp³-hybridized carbons (Fsp3) is 0.667. The van der Waals surface area contributed by atoms with Crippen molar-refractivity contribution in [3.8, 4) is 5.75 Å². The van der Waals surface area contributed by atoms with Crippen molar-refractivity contribution in [1.29, 1.82) is 0 Å². The van der Waals surface area contributed by atoms with Crippen molar-refractivity contribution in [1.82, 2.24) is 0 Å². The average Bonchev–Trinajstić information content (AvgIpc) is 2.68. The van der Waals surface area contributed by atoms with Crippen molar-refractivity contribution >= 4 is 17.8 Å². The quantitative estimate of drug-likeness (QED) is 0.629. The predicted molar refractivity (Wildman–Crippen MR) is 101 cm³/mol. The van der Waals surface area contributed by atoms with Crippen LogP contribution in [-0.4, -0.2) is 17.7 Å². The summed E-state index contributed by atoms with van der Waals surface area (Å²) in [5, 5.41) is 9.79. The Bertz CT molecular complexity index is 661. The third-order valence-corrected chi connectivity index (χ3v) is 6.73. The predicted octanol–water partition coefficient (Wildman–Crippen LogP) is 6.08. The molecule has 2 saturated carbocycles. The monoisotopic (exact) mass is 394 g/mol. The van der Waals surface area contributed by atoms with E-state index < -0.39 is 18.2 Å². The maximum atomic E-state index is 11.2. The van der Waals surface area contributed by atoms with Gasteiger partial charge in [-0.05, 0) is 55.7 Å². The number of ether oxygens (including phenoxy) is 3. The SMILES string of the molecule is O=C(O)OC1Oc2ccc(Cl)cc2C(C2CCCCC2)(C2CCCCC2)O1. The van der Waals surface area contributed by atoms with Crippen LogP contribution in [0.1, 0.15) is 69.8 Å². The summed E-state index contributed by atoms with van der Waals surface area (Å²) in [6.07, 6.45) is 10.1. The smallest absolute Gasteiger partial charge is 0.450 e. The summed E-state index contributed by atoms with van der Waals surface area (Å²) in [5.41, 5.74) is 0.374. The first-order chi connectivity index (χ1) is 13.1. The van der Waals surface area contributed by atoms with Gasteiger partial charge in [-0.25, -0.2) is 4.79 Å². The Balaban J connectivity index is 1.82. The fourth-order valence-electron chi connectivity index (χ4n) is 5.42. The summed E-state index contributed by atoms with van der Waals surface area (Å²) >= 11 is 6.37. The van der Waals surface area contributed by atoms with E-state index in [9.17, 15) is 4.79 Å². The minimum absolute atomic E-state index is 0.315. The molecule has 1 aromatic carbocycles. The summed E-state index contributed by atoms with van der Waals surface area (Å²) in [4.78, 5) is 11.2. The van der Waals surface area contributed by atoms with E-state index in [-0.39, 0.29) is 0 Å². The van der Waals surface area contributed by atoms with Gasteiger partial charge >= 0.3 is 12.6 Å². The van der Waals surface area contributed by atoms with Crippen LogP contribution in [0.2, 0.25) is 5.02 Å². The molecule has 0 spiro atoms. The normalized spacial score (nSPS) is 26.0. The van der Waals surface area contributed by atoms with Gasteiger partial charge < -0.3 is 14.6 Å². The number of benzene rings is 1. The number of halogens is 1. The van der Waals surface area contributed by atoms with Gasteiger partial charge in [0.15, 0.2) is 0 Å². The molecule has 3 aliphatic rings. The van der Waals surface area contributed by atoms with E-state index >= 15 is 0 Å². The zero-order valence-corrected chi connectivity index (χ0v) is 16.2. The molecule has 2 aliphatic carbocycles. The van der Waals surface area contributed by atoms with Gasteiger partial charge in [0.05, 0.1) is 0 Å². The third kappa shape index (κ3) is 3.64. The number of hydrogen-bond donors (Lipinski definition) is 1. The topological polar surface area (TPSA) is 65.0 Å². The minimum Gasteiger partial charge on any atom is -0.450 e. The molecule has 1 N–H and O–H groups in total. The van der Waals surface area contributed by atoms with E-state index in [1.165, 1.54) is 38.5 Å². The molecule has 0 aromatic heterocycles. The molecule has 148 valence electrons. The van der Waals surface area contributed by atoms with Crippen molar-refractivity contribution < 1.29 is 24.1 Å². The highest BCUT2D eigenvalue weighted by Gasteiger charge is 2.54. The Morgan fingerprint density at radius 3 is 2.19 bits per heavy atom. The van der Waals surface area contributed by atoms with Gasteiger partial charge in [-0.3, -0.25) is 4.74 Å².